The maximum Gasteiger partial charge on any atom is 0.139 e. The van der Waals surface area contributed by atoms with Crippen molar-refractivity contribution in [3.8, 4) is 0 Å². The van der Waals surface area contributed by atoms with Crippen molar-refractivity contribution in [1.29, 1.82) is 0 Å². The van der Waals surface area contributed by atoms with Gasteiger partial charge in [-0.25, -0.2) is 4.98 Å². The maximum absolute atomic E-state index is 5.42. The van der Waals surface area contributed by atoms with Crippen molar-refractivity contribution in [2.45, 2.75) is 25.3 Å². The number of furan rings is 1. The highest BCUT2D eigenvalue weighted by Crippen LogP contribution is 2.26. The van der Waals surface area contributed by atoms with Crippen LogP contribution in [0.1, 0.15) is 17.5 Å². The number of aryl methyl sites for hydroxylation is 1. The number of aromatic nitrogens is 1. The molecule has 2 heterocycles. The molecule has 0 saturated heterocycles. The van der Waals surface area contributed by atoms with Crippen molar-refractivity contribution in [1.82, 2.24) is 4.98 Å². The molecule has 3 heteroatoms. The molecule has 3 nitrogen and oxygen atoms in total. The largest absolute Gasteiger partial charge is 0.464 e. The van der Waals surface area contributed by atoms with Gasteiger partial charge in [0.05, 0.1) is 11.6 Å². The lowest BCUT2D eigenvalue weighted by Gasteiger charge is -2.26. The summed E-state index contributed by atoms with van der Waals surface area (Å²) in [5, 5.41) is 4.64. The zero-order chi connectivity index (χ0) is 13.4. The van der Waals surface area contributed by atoms with E-state index in [1.807, 2.05) is 12.1 Å². The van der Waals surface area contributed by atoms with E-state index in [2.05, 4.69) is 34.6 Å². The van der Waals surface area contributed by atoms with Crippen molar-refractivity contribution < 1.29 is 4.42 Å². The van der Waals surface area contributed by atoms with Crippen LogP contribution in [0.15, 0.2) is 53.3 Å². The number of nitrogens with one attached hydrogen (secondary N) is 1. The van der Waals surface area contributed by atoms with E-state index in [-0.39, 0.29) is 0 Å². The first-order chi connectivity index (χ1) is 9.90. The van der Waals surface area contributed by atoms with Crippen molar-refractivity contribution >= 4 is 16.8 Å². The number of benzene rings is 1. The summed E-state index contributed by atoms with van der Waals surface area (Å²) in [6, 6.07) is 13.0. The number of pyridine rings is 1. The van der Waals surface area contributed by atoms with Gasteiger partial charge in [0.2, 0.25) is 0 Å². The van der Waals surface area contributed by atoms with E-state index < -0.39 is 0 Å². The number of nitrogens with zero attached hydrogens (tertiary/aromatic N) is 1. The van der Waals surface area contributed by atoms with Crippen LogP contribution in [0, 0.1) is 0 Å². The van der Waals surface area contributed by atoms with Crippen LogP contribution in [0.25, 0.3) is 11.0 Å². The molecule has 3 aromatic rings. The Kier molecular flexibility index (Phi) is 2.69. The predicted molar refractivity (Wildman–Crippen MR) is 79.9 cm³/mol. The number of anilines is 1. The van der Waals surface area contributed by atoms with Gasteiger partial charge >= 0.3 is 0 Å². The van der Waals surface area contributed by atoms with Crippen LogP contribution >= 0.6 is 0 Å². The van der Waals surface area contributed by atoms with E-state index in [1.54, 1.807) is 12.5 Å². The first kappa shape index (κ1) is 11.5. The molecule has 100 valence electrons. The molecule has 1 N–H and O–H groups in total. The lowest BCUT2D eigenvalue weighted by atomic mass is 9.88. The van der Waals surface area contributed by atoms with Gasteiger partial charge in [0, 0.05) is 12.2 Å². The fourth-order valence-electron chi connectivity index (χ4n) is 3.02. The van der Waals surface area contributed by atoms with Crippen molar-refractivity contribution in [3.63, 3.8) is 0 Å². The van der Waals surface area contributed by atoms with E-state index >= 15 is 0 Å². The molecule has 1 atom stereocenters. The molecule has 0 saturated carbocycles. The summed E-state index contributed by atoms with van der Waals surface area (Å²) in [7, 11) is 0. The summed E-state index contributed by atoms with van der Waals surface area (Å²) < 4.78 is 5.42. The molecular formula is C17H16N2O. The zero-order valence-corrected chi connectivity index (χ0v) is 11.2. The molecule has 20 heavy (non-hydrogen) atoms. The molecule has 0 radical (unpaired) electrons. The first-order valence-corrected chi connectivity index (χ1v) is 7.06. The Morgan fingerprint density at radius 3 is 2.95 bits per heavy atom. The summed E-state index contributed by atoms with van der Waals surface area (Å²) in [4.78, 5) is 4.46. The van der Waals surface area contributed by atoms with Gasteiger partial charge in [-0.05, 0) is 42.5 Å². The quantitative estimate of drug-likeness (QED) is 0.765. The molecule has 1 aliphatic carbocycles. The van der Waals surface area contributed by atoms with E-state index in [0.29, 0.717) is 6.04 Å². The third-order valence-electron chi connectivity index (χ3n) is 4.07. The number of rotatable bonds is 2. The molecule has 0 fully saturated rings. The summed E-state index contributed by atoms with van der Waals surface area (Å²) >= 11 is 0. The molecule has 0 aliphatic heterocycles. The standard InChI is InChI=1S/C17H16N2O/c1-2-4-13-11-14(6-5-12(13)3-1)19-17-15-8-10-20-16(15)7-9-18-17/h1-4,7-10,14H,5-6,11H2,(H,18,19). The van der Waals surface area contributed by atoms with Gasteiger partial charge in [-0.2, -0.15) is 0 Å². The van der Waals surface area contributed by atoms with Crippen LogP contribution in [0.3, 0.4) is 0 Å². The summed E-state index contributed by atoms with van der Waals surface area (Å²) in [6.07, 6.45) is 6.85. The third kappa shape index (κ3) is 1.95. The first-order valence-electron chi connectivity index (χ1n) is 7.06. The maximum atomic E-state index is 5.42. The van der Waals surface area contributed by atoms with Crippen molar-refractivity contribution in [2.24, 2.45) is 0 Å². The number of hydrogen-bond acceptors (Lipinski definition) is 3. The lowest BCUT2D eigenvalue weighted by Crippen LogP contribution is -2.27. The van der Waals surface area contributed by atoms with Gasteiger partial charge in [-0.3, -0.25) is 0 Å². The van der Waals surface area contributed by atoms with Crippen LogP contribution in [-0.4, -0.2) is 11.0 Å². The van der Waals surface area contributed by atoms with E-state index in [9.17, 15) is 0 Å². The minimum Gasteiger partial charge on any atom is -0.464 e. The fraction of sp³-hybridized carbons (Fsp3) is 0.235. The topological polar surface area (TPSA) is 38.1 Å². The second-order valence-electron chi connectivity index (χ2n) is 5.34. The molecule has 0 amide bonds. The Balaban J connectivity index is 1.60. The SMILES string of the molecule is c1ccc2c(c1)CCC(Nc1nccc3occc13)C2. The molecule has 1 aliphatic rings. The summed E-state index contributed by atoms with van der Waals surface area (Å²) in [5.41, 5.74) is 3.83. The minimum absolute atomic E-state index is 0.442. The fourth-order valence-corrected chi connectivity index (χ4v) is 3.02. The van der Waals surface area contributed by atoms with Crippen LogP contribution in [0.5, 0.6) is 0 Å². The molecular weight excluding hydrogens is 248 g/mol. The zero-order valence-electron chi connectivity index (χ0n) is 11.2. The summed E-state index contributed by atoms with van der Waals surface area (Å²) in [5.74, 6) is 0.931. The van der Waals surface area contributed by atoms with Crippen LogP contribution in [0.2, 0.25) is 0 Å². The van der Waals surface area contributed by atoms with Crippen LogP contribution in [0.4, 0.5) is 5.82 Å². The van der Waals surface area contributed by atoms with Crippen LogP contribution in [-0.2, 0) is 12.8 Å². The van der Waals surface area contributed by atoms with E-state index in [0.717, 1.165) is 36.0 Å². The summed E-state index contributed by atoms with van der Waals surface area (Å²) in [6.45, 7) is 0. The van der Waals surface area contributed by atoms with Gasteiger partial charge in [0.1, 0.15) is 11.4 Å². The minimum atomic E-state index is 0.442. The van der Waals surface area contributed by atoms with Crippen molar-refractivity contribution in [3.05, 3.63) is 60.0 Å². The van der Waals surface area contributed by atoms with Gasteiger partial charge < -0.3 is 9.73 Å². The Bertz CT molecular complexity index is 747. The molecule has 2 aromatic heterocycles. The predicted octanol–water partition coefficient (Wildman–Crippen LogP) is 3.80. The van der Waals surface area contributed by atoms with Gasteiger partial charge in [-0.1, -0.05) is 24.3 Å². The Morgan fingerprint density at radius 1 is 1.10 bits per heavy atom. The van der Waals surface area contributed by atoms with Gasteiger partial charge in [0.25, 0.3) is 0 Å². The molecule has 0 bridgehead atoms. The van der Waals surface area contributed by atoms with Crippen molar-refractivity contribution in [2.75, 3.05) is 5.32 Å². The lowest BCUT2D eigenvalue weighted by molar-refractivity contribution is 0.608. The molecule has 1 aromatic carbocycles. The highest BCUT2D eigenvalue weighted by atomic mass is 16.3. The Morgan fingerprint density at radius 2 is 2.00 bits per heavy atom. The second-order valence-corrected chi connectivity index (χ2v) is 5.34. The second kappa shape index (κ2) is 4.67. The van der Waals surface area contributed by atoms with Gasteiger partial charge in [0.15, 0.2) is 0 Å². The smallest absolute Gasteiger partial charge is 0.139 e. The third-order valence-corrected chi connectivity index (χ3v) is 4.07. The highest BCUT2D eigenvalue weighted by molar-refractivity contribution is 5.87. The van der Waals surface area contributed by atoms with E-state index in [1.165, 1.54) is 11.1 Å². The molecule has 4 rings (SSSR count). The number of hydrogen-bond donors (Lipinski definition) is 1. The normalized spacial score (nSPS) is 17.9. The average molecular weight is 264 g/mol. The molecule has 1 unspecified atom stereocenters. The monoisotopic (exact) mass is 264 g/mol. The van der Waals surface area contributed by atoms with Gasteiger partial charge in [-0.15, -0.1) is 0 Å². The Hall–Kier alpha value is -2.29. The van der Waals surface area contributed by atoms with Crippen LogP contribution < -0.4 is 5.32 Å². The Labute approximate surface area is 117 Å². The molecule has 0 spiro atoms. The average Bonchev–Trinajstić information content (AvgIpc) is 2.97. The number of fused-ring (bicyclic) bond motifs is 2. The van der Waals surface area contributed by atoms with E-state index in [4.69, 9.17) is 4.42 Å². The highest BCUT2D eigenvalue weighted by Gasteiger charge is 2.19.